The number of nitrogens with one attached hydrogen (secondary N) is 1. The number of amidine groups is 1. The van der Waals surface area contributed by atoms with Gasteiger partial charge in [0.2, 0.25) is 0 Å². The topological polar surface area (TPSA) is 96.5 Å². The summed E-state index contributed by atoms with van der Waals surface area (Å²) in [7, 11) is 1.41. The number of nitrogens with zero attached hydrogens (tertiary/aromatic N) is 1. The molecular formula is C22H25N3O3. The van der Waals surface area contributed by atoms with Crippen LogP contribution in [-0.4, -0.2) is 43.2 Å². The average molecular weight is 379 g/mol. The van der Waals surface area contributed by atoms with Gasteiger partial charge in [0.05, 0.1) is 19.1 Å². The van der Waals surface area contributed by atoms with Crippen LogP contribution in [0.25, 0.3) is 11.1 Å². The minimum Gasteiger partial charge on any atom is -0.469 e. The molecule has 1 saturated heterocycles. The number of methoxy groups -OCH3 is 1. The van der Waals surface area contributed by atoms with E-state index in [0.717, 1.165) is 23.0 Å². The largest absolute Gasteiger partial charge is 0.469 e. The summed E-state index contributed by atoms with van der Waals surface area (Å²) in [4.78, 5) is 25.6. The molecule has 0 radical (unpaired) electrons. The number of carbonyl (C=O) groups excluding carboxylic acids is 2. The van der Waals surface area contributed by atoms with Crippen molar-refractivity contribution in [2.24, 2.45) is 11.7 Å². The average Bonchev–Trinajstić information content (AvgIpc) is 2.75. The van der Waals surface area contributed by atoms with Gasteiger partial charge in [-0.3, -0.25) is 15.1 Å². The molecule has 1 aliphatic rings. The minimum atomic E-state index is -0.312. The zero-order valence-electron chi connectivity index (χ0n) is 15.9. The summed E-state index contributed by atoms with van der Waals surface area (Å²) in [6, 6.07) is 15.1. The van der Waals surface area contributed by atoms with Crippen LogP contribution in [0.2, 0.25) is 0 Å². The second kappa shape index (κ2) is 8.80. The molecule has 146 valence electrons. The number of likely N-dealkylation sites (tertiary alicyclic amines) is 1. The van der Waals surface area contributed by atoms with Gasteiger partial charge in [-0.05, 0) is 42.6 Å². The van der Waals surface area contributed by atoms with Crippen molar-refractivity contribution in [2.75, 3.05) is 20.2 Å². The molecular weight excluding hydrogens is 354 g/mol. The first kappa shape index (κ1) is 19.8. The molecule has 2 aromatic carbocycles. The summed E-state index contributed by atoms with van der Waals surface area (Å²) in [5.74, 6) is -0.192. The number of piperidine rings is 1. The van der Waals surface area contributed by atoms with E-state index in [-0.39, 0.29) is 23.8 Å². The van der Waals surface area contributed by atoms with Crippen molar-refractivity contribution in [3.05, 3.63) is 59.7 Å². The van der Waals surface area contributed by atoms with Crippen molar-refractivity contribution < 1.29 is 14.3 Å². The first-order valence-electron chi connectivity index (χ1n) is 9.35. The fourth-order valence-corrected chi connectivity index (χ4v) is 3.67. The summed E-state index contributed by atoms with van der Waals surface area (Å²) in [5, 5.41) is 7.47. The summed E-state index contributed by atoms with van der Waals surface area (Å²) >= 11 is 0. The molecule has 0 saturated carbocycles. The molecule has 1 heterocycles. The van der Waals surface area contributed by atoms with Gasteiger partial charge in [0.1, 0.15) is 12.1 Å². The smallest absolute Gasteiger partial charge is 0.308 e. The lowest BCUT2D eigenvalue weighted by Crippen LogP contribution is -2.39. The van der Waals surface area contributed by atoms with Gasteiger partial charge in [-0.15, -0.1) is 0 Å². The Morgan fingerprint density at radius 3 is 2.11 bits per heavy atom. The number of esters is 1. The van der Waals surface area contributed by atoms with Crippen LogP contribution in [0.3, 0.4) is 0 Å². The van der Waals surface area contributed by atoms with E-state index in [1.807, 2.05) is 48.5 Å². The van der Waals surface area contributed by atoms with Crippen molar-refractivity contribution in [3.8, 4) is 11.1 Å². The fourth-order valence-electron chi connectivity index (χ4n) is 3.67. The van der Waals surface area contributed by atoms with Crippen LogP contribution in [0.5, 0.6) is 0 Å². The van der Waals surface area contributed by atoms with Crippen molar-refractivity contribution in [2.45, 2.75) is 18.9 Å². The third kappa shape index (κ3) is 4.28. The molecule has 2 aromatic rings. The standard InChI is InChI=1S/C22H25N3O3/c1-28-22(27)19-10-12-25(13-11-19)20(14-26)17-6-2-15(3-7-17)16-4-8-18(9-5-16)21(23)24/h2-9,14,19-20H,10-13H2,1H3,(H3,23,24). The lowest BCUT2D eigenvalue weighted by Gasteiger charge is -2.34. The Morgan fingerprint density at radius 1 is 1.11 bits per heavy atom. The quantitative estimate of drug-likeness (QED) is 0.348. The molecule has 3 rings (SSSR count). The number of nitrogens with two attached hydrogens (primary N) is 1. The van der Waals surface area contributed by atoms with Crippen molar-refractivity contribution in [1.82, 2.24) is 4.90 Å². The molecule has 3 N–H and O–H groups in total. The van der Waals surface area contributed by atoms with E-state index in [9.17, 15) is 9.59 Å². The summed E-state index contributed by atoms with van der Waals surface area (Å²) in [5.41, 5.74) is 9.19. The highest BCUT2D eigenvalue weighted by atomic mass is 16.5. The van der Waals surface area contributed by atoms with Crippen LogP contribution in [0.15, 0.2) is 48.5 Å². The highest BCUT2D eigenvalue weighted by Gasteiger charge is 2.29. The predicted molar refractivity (Wildman–Crippen MR) is 108 cm³/mol. The Kier molecular flexibility index (Phi) is 6.21. The van der Waals surface area contributed by atoms with Gasteiger partial charge >= 0.3 is 5.97 Å². The highest BCUT2D eigenvalue weighted by Crippen LogP contribution is 2.28. The van der Waals surface area contributed by atoms with E-state index in [1.54, 1.807) is 0 Å². The number of hydrogen-bond acceptors (Lipinski definition) is 5. The maximum absolute atomic E-state index is 11.8. The molecule has 28 heavy (non-hydrogen) atoms. The fraction of sp³-hybridized carbons (Fsp3) is 0.318. The van der Waals surface area contributed by atoms with E-state index in [1.165, 1.54) is 7.11 Å². The molecule has 0 amide bonds. The second-order valence-electron chi connectivity index (χ2n) is 7.03. The van der Waals surface area contributed by atoms with Gasteiger partial charge in [0.15, 0.2) is 0 Å². The maximum Gasteiger partial charge on any atom is 0.308 e. The van der Waals surface area contributed by atoms with Gasteiger partial charge in [-0.25, -0.2) is 0 Å². The van der Waals surface area contributed by atoms with Gasteiger partial charge in [0.25, 0.3) is 0 Å². The SMILES string of the molecule is COC(=O)C1CCN(C(C=O)c2ccc(-c3ccc(C(=N)N)cc3)cc2)CC1. The molecule has 0 spiro atoms. The van der Waals surface area contributed by atoms with Gasteiger partial charge in [-0.1, -0.05) is 48.5 Å². The lowest BCUT2D eigenvalue weighted by molar-refractivity contribution is -0.147. The molecule has 6 nitrogen and oxygen atoms in total. The number of nitrogen functional groups attached to an aromatic ring is 1. The lowest BCUT2D eigenvalue weighted by atomic mass is 9.94. The number of hydrogen-bond donors (Lipinski definition) is 2. The summed E-state index contributed by atoms with van der Waals surface area (Å²) in [6.07, 6.45) is 2.38. The second-order valence-corrected chi connectivity index (χ2v) is 7.03. The maximum atomic E-state index is 11.8. The van der Waals surface area contributed by atoms with E-state index in [2.05, 4.69) is 4.90 Å². The van der Waals surface area contributed by atoms with Crippen molar-refractivity contribution in [1.29, 1.82) is 5.41 Å². The number of aldehydes is 1. The van der Waals surface area contributed by atoms with E-state index >= 15 is 0 Å². The summed E-state index contributed by atoms with van der Waals surface area (Å²) in [6.45, 7) is 1.38. The Balaban J connectivity index is 1.70. The van der Waals surface area contributed by atoms with E-state index in [0.29, 0.717) is 31.5 Å². The first-order valence-corrected chi connectivity index (χ1v) is 9.35. The van der Waals surface area contributed by atoms with Gasteiger partial charge in [0, 0.05) is 5.56 Å². The number of ether oxygens (including phenoxy) is 1. The van der Waals surface area contributed by atoms with E-state index in [4.69, 9.17) is 15.9 Å². The third-order valence-corrected chi connectivity index (χ3v) is 5.37. The molecule has 6 heteroatoms. The molecule has 1 aliphatic heterocycles. The normalized spacial score (nSPS) is 16.3. The third-order valence-electron chi connectivity index (χ3n) is 5.37. The Morgan fingerprint density at radius 2 is 1.64 bits per heavy atom. The van der Waals surface area contributed by atoms with Gasteiger partial charge < -0.3 is 15.3 Å². The zero-order valence-corrected chi connectivity index (χ0v) is 15.9. The number of benzene rings is 2. The van der Waals surface area contributed by atoms with E-state index < -0.39 is 0 Å². The molecule has 1 unspecified atom stereocenters. The zero-order chi connectivity index (χ0) is 20.1. The number of carbonyl (C=O) groups is 2. The van der Waals surface area contributed by atoms with Crippen LogP contribution in [0.1, 0.15) is 30.0 Å². The molecule has 0 aromatic heterocycles. The van der Waals surface area contributed by atoms with Crippen molar-refractivity contribution >= 4 is 18.1 Å². The van der Waals surface area contributed by atoms with Gasteiger partial charge in [-0.2, -0.15) is 0 Å². The minimum absolute atomic E-state index is 0.0479. The monoisotopic (exact) mass is 379 g/mol. The predicted octanol–water partition coefficient (Wildman–Crippen LogP) is 2.76. The Labute approximate surface area is 164 Å². The molecule has 0 bridgehead atoms. The molecule has 1 fully saturated rings. The number of rotatable bonds is 6. The molecule has 0 aliphatic carbocycles. The van der Waals surface area contributed by atoms with Crippen LogP contribution < -0.4 is 5.73 Å². The summed E-state index contributed by atoms with van der Waals surface area (Å²) < 4.78 is 4.83. The van der Waals surface area contributed by atoms with Crippen LogP contribution >= 0.6 is 0 Å². The van der Waals surface area contributed by atoms with Crippen LogP contribution in [-0.2, 0) is 14.3 Å². The Hall–Kier alpha value is -2.99. The first-order chi connectivity index (χ1) is 13.5. The van der Waals surface area contributed by atoms with Crippen molar-refractivity contribution in [3.63, 3.8) is 0 Å². The Bertz CT molecular complexity index is 838. The van der Waals surface area contributed by atoms with Crippen LogP contribution in [0, 0.1) is 11.3 Å². The molecule has 1 atom stereocenters. The van der Waals surface area contributed by atoms with Crippen LogP contribution in [0.4, 0.5) is 0 Å². The highest BCUT2D eigenvalue weighted by molar-refractivity contribution is 5.95.